The highest BCUT2D eigenvalue weighted by atomic mass is 31.1. The lowest BCUT2D eigenvalue weighted by atomic mass is 9.99. The molecule has 4 heteroatoms. The van der Waals surface area contributed by atoms with Crippen molar-refractivity contribution in [2.75, 3.05) is 0 Å². The molecular weight excluding hydrogens is 223 g/mol. The Kier molecular flexibility index (Phi) is 4.27. The molecule has 0 atom stereocenters. The summed E-state index contributed by atoms with van der Waals surface area (Å²) in [6.45, 7) is 7.17. The van der Waals surface area contributed by atoms with E-state index in [1.54, 1.807) is 12.2 Å². The second-order valence-electron chi connectivity index (χ2n) is 3.30. The van der Waals surface area contributed by atoms with Crippen LogP contribution in [0.4, 0.5) is 0 Å². The number of allylic oxidation sites excluding steroid dienone is 2. The van der Waals surface area contributed by atoms with Gasteiger partial charge in [0.15, 0.2) is 8.46 Å². The van der Waals surface area contributed by atoms with Crippen LogP contribution < -0.4 is 5.30 Å². The summed E-state index contributed by atoms with van der Waals surface area (Å²) in [6.07, 6.45) is 4.10. The fraction of sp³-hybridized carbons (Fsp3) is 0.167. The molecule has 2 N–H and O–H groups in total. The molecule has 0 bridgehead atoms. The Balaban J connectivity index is 3.46. The maximum Gasteiger partial charge on any atom is 0.196 e. The first kappa shape index (κ1) is 12.5. The van der Waals surface area contributed by atoms with Crippen LogP contribution in [0.15, 0.2) is 31.4 Å². The number of phenolic OH excluding ortho intramolecular Hbond substituents is 2. The summed E-state index contributed by atoms with van der Waals surface area (Å²) in [5.41, 5.74) is 1.15. The molecule has 0 aliphatic rings. The summed E-state index contributed by atoms with van der Waals surface area (Å²) >= 11 is 0. The van der Waals surface area contributed by atoms with Crippen LogP contribution in [0.5, 0.6) is 11.5 Å². The minimum atomic E-state index is -0.320. The predicted molar refractivity (Wildman–Crippen MR) is 64.8 cm³/mol. The highest BCUT2D eigenvalue weighted by Crippen LogP contribution is 2.30. The summed E-state index contributed by atoms with van der Waals surface area (Å²) in [6, 6.07) is 1.30. The first-order valence-electron chi connectivity index (χ1n) is 4.77. The molecule has 0 radical (unpaired) electrons. The molecule has 16 heavy (non-hydrogen) atoms. The summed E-state index contributed by atoms with van der Waals surface area (Å²) < 4.78 is 10.8. The number of benzene rings is 1. The van der Waals surface area contributed by atoms with Gasteiger partial charge in [0.1, 0.15) is 11.5 Å². The SMILES string of the molecule is C=CCc1c(O)cc(P=O)c(O)c1CC=C. The second kappa shape index (κ2) is 5.47. The highest BCUT2D eigenvalue weighted by Gasteiger charge is 2.15. The van der Waals surface area contributed by atoms with Crippen LogP contribution in [-0.2, 0) is 17.4 Å². The van der Waals surface area contributed by atoms with Crippen molar-refractivity contribution in [1.82, 2.24) is 0 Å². The van der Waals surface area contributed by atoms with Gasteiger partial charge in [-0.3, -0.25) is 4.57 Å². The van der Waals surface area contributed by atoms with Crippen molar-refractivity contribution in [1.29, 1.82) is 0 Å². The third-order valence-electron chi connectivity index (χ3n) is 2.27. The molecule has 3 nitrogen and oxygen atoms in total. The van der Waals surface area contributed by atoms with E-state index < -0.39 is 0 Å². The van der Waals surface area contributed by atoms with Crippen molar-refractivity contribution in [3.05, 3.63) is 42.5 Å². The Hall–Kier alpha value is -1.60. The average molecular weight is 236 g/mol. The van der Waals surface area contributed by atoms with E-state index in [0.29, 0.717) is 24.0 Å². The predicted octanol–water partition coefficient (Wildman–Crippen LogP) is 2.47. The molecule has 84 valence electrons. The Morgan fingerprint density at radius 3 is 2.25 bits per heavy atom. The first-order chi connectivity index (χ1) is 7.65. The minimum absolute atomic E-state index is 0.0212. The molecule has 0 amide bonds. The van der Waals surface area contributed by atoms with E-state index in [9.17, 15) is 14.8 Å². The third kappa shape index (κ3) is 2.31. The summed E-state index contributed by atoms with van der Waals surface area (Å²) in [7, 11) is -0.320. The van der Waals surface area contributed by atoms with Gasteiger partial charge in [0.05, 0.1) is 5.30 Å². The van der Waals surface area contributed by atoms with Gasteiger partial charge in [-0.1, -0.05) is 12.2 Å². The molecule has 1 rings (SSSR count). The number of hydrogen-bond acceptors (Lipinski definition) is 3. The molecule has 0 aliphatic carbocycles. The molecule has 0 unspecified atom stereocenters. The van der Waals surface area contributed by atoms with Crippen molar-refractivity contribution in [2.45, 2.75) is 12.8 Å². The van der Waals surface area contributed by atoms with E-state index in [4.69, 9.17) is 0 Å². The maximum atomic E-state index is 10.8. The van der Waals surface area contributed by atoms with E-state index in [0.717, 1.165) is 0 Å². The Morgan fingerprint density at radius 2 is 1.75 bits per heavy atom. The lowest BCUT2D eigenvalue weighted by molar-refractivity contribution is 0.454. The van der Waals surface area contributed by atoms with E-state index >= 15 is 0 Å². The number of phenols is 2. The van der Waals surface area contributed by atoms with Gasteiger partial charge in [-0.05, 0) is 18.9 Å². The molecule has 1 aromatic rings. The zero-order chi connectivity index (χ0) is 12.1. The minimum Gasteiger partial charge on any atom is -0.508 e. The van der Waals surface area contributed by atoms with Gasteiger partial charge in [-0.25, -0.2) is 0 Å². The van der Waals surface area contributed by atoms with E-state index in [2.05, 4.69) is 13.2 Å². The zero-order valence-corrected chi connectivity index (χ0v) is 9.70. The molecule has 0 heterocycles. The topological polar surface area (TPSA) is 57.5 Å². The summed E-state index contributed by atoms with van der Waals surface area (Å²) in [5, 5.41) is 19.8. The van der Waals surface area contributed by atoms with Gasteiger partial charge < -0.3 is 10.2 Å². The first-order valence-corrected chi connectivity index (χ1v) is 5.58. The van der Waals surface area contributed by atoms with Crippen LogP contribution in [0.2, 0.25) is 0 Å². The van der Waals surface area contributed by atoms with Gasteiger partial charge in [-0.15, -0.1) is 13.2 Å². The monoisotopic (exact) mass is 236 g/mol. The molecule has 0 saturated heterocycles. The Bertz CT molecular complexity index is 438. The molecular formula is C12H13O3P. The fourth-order valence-corrected chi connectivity index (χ4v) is 1.94. The second-order valence-corrected chi connectivity index (χ2v) is 3.96. The third-order valence-corrected chi connectivity index (χ3v) is 2.81. The Morgan fingerprint density at radius 1 is 1.19 bits per heavy atom. The normalized spacial score (nSPS) is 10.2. The molecule has 0 saturated carbocycles. The number of rotatable bonds is 5. The van der Waals surface area contributed by atoms with Crippen LogP contribution in [0, 0.1) is 0 Å². The van der Waals surface area contributed by atoms with Gasteiger partial charge in [0.25, 0.3) is 0 Å². The van der Waals surface area contributed by atoms with E-state index in [1.165, 1.54) is 6.07 Å². The van der Waals surface area contributed by atoms with Crippen molar-refractivity contribution in [3.8, 4) is 11.5 Å². The lowest BCUT2D eigenvalue weighted by Crippen LogP contribution is -2.02. The zero-order valence-electron chi connectivity index (χ0n) is 8.81. The standard InChI is InChI=1S/C12H13O3P/c1-3-5-8-9(6-4-2)12(14)11(16-15)7-10(8)13/h3-4,7,13-14H,1-2,5-6H2. The van der Waals surface area contributed by atoms with Crippen molar-refractivity contribution in [2.24, 2.45) is 0 Å². The van der Waals surface area contributed by atoms with Gasteiger partial charge in [0.2, 0.25) is 0 Å². The molecule has 0 spiro atoms. The fourth-order valence-electron chi connectivity index (χ4n) is 1.54. The van der Waals surface area contributed by atoms with Crippen LogP contribution in [0.1, 0.15) is 11.1 Å². The van der Waals surface area contributed by atoms with Gasteiger partial charge in [0, 0.05) is 11.1 Å². The lowest BCUT2D eigenvalue weighted by Gasteiger charge is -2.12. The van der Waals surface area contributed by atoms with Gasteiger partial charge in [-0.2, -0.15) is 0 Å². The maximum absolute atomic E-state index is 10.8. The molecule has 0 aliphatic heterocycles. The van der Waals surface area contributed by atoms with Crippen molar-refractivity contribution in [3.63, 3.8) is 0 Å². The van der Waals surface area contributed by atoms with Crippen LogP contribution >= 0.6 is 8.46 Å². The smallest absolute Gasteiger partial charge is 0.196 e. The van der Waals surface area contributed by atoms with E-state index in [1.807, 2.05) is 0 Å². The molecule has 0 aromatic heterocycles. The largest absolute Gasteiger partial charge is 0.508 e. The van der Waals surface area contributed by atoms with Crippen molar-refractivity contribution >= 4 is 13.8 Å². The summed E-state index contributed by atoms with van der Waals surface area (Å²) in [4.78, 5) is 0. The summed E-state index contributed by atoms with van der Waals surface area (Å²) in [5.74, 6) is -0.0286. The van der Waals surface area contributed by atoms with Crippen LogP contribution in [0.3, 0.4) is 0 Å². The average Bonchev–Trinajstić information content (AvgIpc) is 2.28. The van der Waals surface area contributed by atoms with E-state index in [-0.39, 0.29) is 25.3 Å². The quantitative estimate of drug-likeness (QED) is 0.469. The van der Waals surface area contributed by atoms with Crippen LogP contribution in [0.25, 0.3) is 0 Å². The number of hydrogen-bond donors (Lipinski definition) is 2. The van der Waals surface area contributed by atoms with Gasteiger partial charge >= 0.3 is 0 Å². The number of aromatic hydroxyl groups is 2. The molecule has 0 fully saturated rings. The highest BCUT2D eigenvalue weighted by molar-refractivity contribution is 7.34. The Labute approximate surface area is 96.0 Å². The molecule has 1 aromatic carbocycles. The van der Waals surface area contributed by atoms with Crippen LogP contribution in [-0.4, -0.2) is 10.2 Å². The van der Waals surface area contributed by atoms with Crippen molar-refractivity contribution < 1.29 is 14.8 Å².